The first-order valence-corrected chi connectivity index (χ1v) is 8.93. The predicted octanol–water partition coefficient (Wildman–Crippen LogP) is 3.81. The molecule has 2 N–H and O–H groups in total. The molecule has 0 saturated heterocycles. The molecule has 1 aromatic rings. The first kappa shape index (κ1) is 13.2. The summed E-state index contributed by atoms with van der Waals surface area (Å²) in [6.45, 7) is 4.64. The number of nitrogens with zero attached hydrogens (tertiary/aromatic N) is 2. The van der Waals surface area contributed by atoms with Crippen LogP contribution in [0.1, 0.15) is 74.9 Å². The lowest BCUT2D eigenvalue weighted by atomic mass is 9.45. The van der Waals surface area contributed by atoms with Crippen molar-refractivity contribution in [1.82, 2.24) is 10.2 Å². The lowest BCUT2D eigenvalue weighted by Crippen LogP contribution is -2.52. The summed E-state index contributed by atoms with van der Waals surface area (Å²) in [5, 5.41) is 11.4. The Balaban J connectivity index is 1.69. The molecule has 3 unspecified atom stereocenters. The summed E-state index contributed by atoms with van der Waals surface area (Å²) >= 11 is 1.81. The molecule has 1 heterocycles. The van der Waals surface area contributed by atoms with Gasteiger partial charge in [0.1, 0.15) is 10.0 Å². The van der Waals surface area contributed by atoms with Crippen LogP contribution in [-0.4, -0.2) is 10.2 Å². The maximum absolute atomic E-state index is 6.13. The second kappa shape index (κ2) is 4.26. The first-order valence-electron chi connectivity index (χ1n) is 8.11. The Morgan fingerprint density at radius 3 is 2.55 bits per heavy atom. The average molecular weight is 291 g/mol. The molecule has 1 aromatic heterocycles. The highest BCUT2D eigenvalue weighted by Crippen LogP contribution is 2.65. The first-order chi connectivity index (χ1) is 9.52. The summed E-state index contributed by atoms with van der Waals surface area (Å²) in [7, 11) is 0. The van der Waals surface area contributed by atoms with E-state index in [0.29, 0.717) is 10.8 Å². The highest BCUT2D eigenvalue weighted by Gasteiger charge is 2.57. The number of hydrogen-bond donors (Lipinski definition) is 1. The third-order valence-electron chi connectivity index (χ3n) is 6.00. The zero-order valence-corrected chi connectivity index (χ0v) is 13.4. The molecule has 20 heavy (non-hydrogen) atoms. The molecule has 0 radical (unpaired) electrons. The van der Waals surface area contributed by atoms with Crippen molar-refractivity contribution >= 4 is 11.3 Å². The standard InChI is InChI=1S/C16H25N3S/c1-3-12(17)13-18-19-14(20-13)16-7-10-4-11(8-16)6-15(2,5-10)9-16/h10-12H,3-9,17H2,1-2H3. The van der Waals surface area contributed by atoms with Gasteiger partial charge in [0.15, 0.2) is 0 Å². The van der Waals surface area contributed by atoms with E-state index in [-0.39, 0.29) is 6.04 Å². The van der Waals surface area contributed by atoms with E-state index in [1.54, 1.807) is 11.3 Å². The quantitative estimate of drug-likeness (QED) is 0.921. The third kappa shape index (κ3) is 1.87. The van der Waals surface area contributed by atoms with Crippen LogP contribution in [0.25, 0.3) is 0 Å². The highest BCUT2D eigenvalue weighted by atomic mass is 32.1. The van der Waals surface area contributed by atoms with E-state index in [2.05, 4.69) is 24.0 Å². The van der Waals surface area contributed by atoms with Gasteiger partial charge in [0, 0.05) is 5.41 Å². The Bertz CT molecular complexity index is 510. The molecular weight excluding hydrogens is 266 g/mol. The third-order valence-corrected chi connectivity index (χ3v) is 7.31. The van der Waals surface area contributed by atoms with Crippen molar-refractivity contribution in [2.75, 3.05) is 0 Å². The van der Waals surface area contributed by atoms with Gasteiger partial charge in [-0.25, -0.2) is 0 Å². The van der Waals surface area contributed by atoms with Crippen molar-refractivity contribution in [2.45, 2.75) is 70.3 Å². The second-order valence-electron chi connectivity index (χ2n) is 8.01. The number of hydrogen-bond acceptors (Lipinski definition) is 4. The average Bonchev–Trinajstić information content (AvgIpc) is 2.85. The minimum Gasteiger partial charge on any atom is -0.322 e. The van der Waals surface area contributed by atoms with E-state index in [9.17, 15) is 0 Å². The van der Waals surface area contributed by atoms with E-state index in [1.165, 1.54) is 43.5 Å². The molecule has 4 heteroatoms. The van der Waals surface area contributed by atoms with Crippen molar-refractivity contribution in [2.24, 2.45) is 23.0 Å². The largest absolute Gasteiger partial charge is 0.322 e. The van der Waals surface area contributed by atoms with Crippen LogP contribution in [0.15, 0.2) is 0 Å². The van der Waals surface area contributed by atoms with Crippen LogP contribution >= 0.6 is 11.3 Å². The van der Waals surface area contributed by atoms with Crippen molar-refractivity contribution in [3.05, 3.63) is 10.0 Å². The molecule has 4 aliphatic carbocycles. The van der Waals surface area contributed by atoms with Gasteiger partial charge >= 0.3 is 0 Å². The summed E-state index contributed by atoms with van der Waals surface area (Å²) in [5.41, 5.74) is 7.05. The Morgan fingerprint density at radius 2 is 1.95 bits per heavy atom. The van der Waals surface area contributed by atoms with Crippen LogP contribution in [0.4, 0.5) is 0 Å². The van der Waals surface area contributed by atoms with E-state index < -0.39 is 0 Å². The lowest BCUT2D eigenvalue weighted by molar-refractivity contribution is -0.0618. The molecule has 4 saturated carbocycles. The Morgan fingerprint density at radius 1 is 1.25 bits per heavy atom. The fraction of sp³-hybridized carbons (Fsp3) is 0.875. The summed E-state index contributed by atoms with van der Waals surface area (Å²) in [4.78, 5) is 0. The zero-order valence-electron chi connectivity index (χ0n) is 12.6. The highest BCUT2D eigenvalue weighted by molar-refractivity contribution is 7.11. The van der Waals surface area contributed by atoms with Gasteiger partial charge in [0.05, 0.1) is 6.04 Å². The van der Waals surface area contributed by atoms with Gasteiger partial charge in [-0.2, -0.15) is 0 Å². The zero-order chi connectivity index (χ0) is 14.0. The molecule has 0 aromatic carbocycles. The number of aromatic nitrogens is 2. The van der Waals surface area contributed by atoms with Gasteiger partial charge < -0.3 is 5.73 Å². The number of nitrogens with two attached hydrogens (primary N) is 1. The molecule has 4 aliphatic rings. The summed E-state index contributed by atoms with van der Waals surface area (Å²) < 4.78 is 0. The molecule has 3 nitrogen and oxygen atoms in total. The fourth-order valence-corrected chi connectivity index (χ4v) is 6.88. The topological polar surface area (TPSA) is 51.8 Å². The van der Waals surface area contributed by atoms with Gasteiger partial charge in [-0.3, -0.25) is 0 Å². The fourth-order valence-electron chi connectivity index (χ4n) is 5.74. The van der Waals surface area contributed by atoms with Crippen molar-refractivity contribution in [3.8, 4) is 0 Å². The van der Waals surface area contributed by atoms with Crippen LogP contribution in [0, 0.1) is 17.3 Å². The normalized spacial score (nSPS) is 44.0. The maximum Gasteiger partial charge on any atom is 0.134 e. The van der Waals surface area contributed by atoms with Crippen LogP contribution in [0.5, 0.6) is 0 Å². The Kier molecular flexibility index (Phi) is 2.81. The molecule has 0 aliphatic heterocycles. The van der Waals surface area contributed by atoms with E-state index in [1.807, 2.05) is 0 Å². The van der Waals surface area contributed by atoms with Crippen LogP contribution in [0.3, 0.4) is 0 Å². The molecule has 0 spiro atoms. The second-order valence-corrected chi connectivity index (χ2v) is 9.02. The molecule has 0 amide bonds. The predicted molar refractivity (Wildman–Crippen MR) is 81.6 cm³/mol. The molecule has 3 atom stereocenters. The Labute approximate surface area is 125 Å². The Hall–Kier alpha value is -0.480. The van der Waals surface area contributed by atoms with Crippen molar-refractivity contribution in [1.29, 1.82) is 0 Å². The van der Waals surface area contributed by atoms with E-state index in [4.69, 9.17) is 5.73 Å². The van der Waals surface area contributed by atoms with E-state index in [0.717, 1.165) is 23.3 Å². The van der Waals surface area contributed by atoms with Crippen molar-refractivity contribution in [3.63, 3.8) is 0 Å². The maximum atomic E-state index is 6.13. The minimum atomic E-state index is 0.0748. The monoisotopic (exact) mass is 291 g/mol. The van der Waals surface area contributed by atoms with E-state index >= 15 is 0 Å². The van der Waals surface area contributed by atoms with Crippen LogP contribution in [0.2, 0.25) is 0 Å². The van der Waals surface area contributed by atoms with Crippen LogP contribution in [-0.2, 0) is 5.41 Å². The smallest absolute Gasteiger partial charge is 0.134 e. The van der Waals surface area contributed by atoms with Gasteiger partial charge in [-0.15, -0.1) is 10.2 Å². The summed E-state index contributed by atoms with van der Waals surface area (Å²) in [6, 6.07) is 0.0748. The van der Waals surface area contributed by atoms with Gasteiger partial charge in [0.2, 0.25) is 0 Å². The van der Waals surface area contributed by atoms with Crippen molar-refractivity contribution < 1.29 is 0 Å². The summed E-state index contributed by atoms with van der Waals surface area (Å²) in [6.07, 6.45) is 9.37. The summed E-state index contributed by atoms with van der Waals surface area (Å²) in [5.74, 6) is 1.88. The molecule has 110 valence electrons. The van der Waals surface area contributed by atoms with Crippen LogP contribution < -0.4 is 5.73 Å². The lowest BCUT2D eigenvalue weighted by Gasteiger charge is -2.60. The minimum absolute atomic E-state index is 0.0748. The molecule has 5 rings (SSSR count). The number of rotatable bonds is 3. The molecule has 4 fully saturated rings. The van der Waals surface area contributed by atoms with Gasteiger partial charge in [0.25, 0.3) is 0 Å². The SMILES string of the molecule is CCC(N)c1nnc(C23CC4CC(CC(C)(C4)C2)C3)s1. The molecular formula is C16H25N3S. The van der Waals surface area contributed by atoms with Gasteiger partial charge in [-0.05, 0) is 62.2 Å². The molecule has 4 bridgehead atoms. The van der Waals surface area contributed by atoms with Gasteiger partial charge in [-0.1, -0.05) is 25.2 Å².